The largest absolute Gasteiger partial charge is 0.355 e. The lowest BCUT2D eigenvalue weighted by atomic mass is 10.1. The Kier molecular flexibility index (Phi) is 5.32. The second-order valence-electron chi connectivity index (χ2n) is 4.77. The summed E-state index contributed by atoms with van der Waals surface area (Å²) < 4.78 is 0. The molecular weight excluding hydrogens is 252 g/mol. The van der Waals surface area contributed by atoms with Crippen LogP contribution < -0.4 is 11.1 Å². The summed E-state index contributed by atoms with van der Waals surface area (Å²) in [7, 11) is 0. The van der Waals surface area contributed by atoms with Crippen molar-refractivity contribution >= 4 is 5.91 Å². The summed E-state index contributed by atoms with van der Waals surface area (Å²) in [6.07, 6.45) is 5.61. The Hall–Kier alpha value is -2.14. The number of nitrogens with zero attached hydrogens (tertiary/aromatic N) is 1. The second kappa shape index (κ2) is 7.45. The Morgan fingerprint density at radius 3 is 2.85 bits per heavy atom. The van der Waals surface area contributed by atoms with Crippen molar-refractivity contribution in [3.05, 3.63) is 54.1 Å². The van der Waals surface area contributed by atoms with E-state index in [0.29, 0.717) is 13.0 Å². The number of amides is 1. The quantitative estimate of drug-likeness (QED) is 0.658. The van der Waals surface area contributed by atoms with Crippen LogP contribution in [0.4, 0.5) is 0 Å². The maximum atomic E-state index is 11.8. The van der Waals surface area contributed by atoms with Crippen LogP contribution in [0.3, 0.4) is 0 Å². The molecule has 0 spiro atoms. The molecule has 1 heterocycles. The molecule has 2 aromatic rings. The molecule has 1 aromatic carbocycles. The predicted molar refractivity (Wildman–Crippen MR) is 78.0 cm³/mol. The lowest BCUT2D eigenvalue weighted by Gasteiger charge is -2.11. The molecule has 0 aliphatic heterocycles. The number of H-pyrrole nitrogens is 1. The van der Waals surface area contributed by atoms with Gasteiger partial charge in [-0.25, -0.2) is 4.98 Å². The van der Waals surface area contributed by atoms with E-state index in [4.69, 9.17) is 5.73 Å². The fraction of sp³-hybridized carbons (Fsp3) is 0.333. The van der Waals surface area contributed by atoms with E-state index in [-0.39, 0.29) is 5.91 Å². The highest BCUT2D eigenvalue weighted by Crippen LogP contribution is 2.01. The first-order chi connectivity index (χ1) is 9.75. The number of rotatable bonds is 7. The highest BCUT2D eigenvalue weighted by atomic mass is 16.2. The number of imidazole rings is 1. The SMILES string of the molecule is NC(Cc1cnc[nH]1)C(=O)NCCCc1ccccc1. The lowest BCUT2D eigenvalue weighted by molar-refractivity contribution is -0.122. The highest BCUT2D eigenvalue weighted by Gasteiger charge is 2.13. The number of aryl methyl sites for hydroxylation is 1. The Labute approximate surface area is 118 Å². The van der Waals surface area contributed by atoms with Crippen molar-refractivity contribution in [1.29, 1.82) is 0 Å². The summed E-state index contributed by atoms with van der Waals surface area (Å²) in [5.74, 6) is -0.118. The van der Waals surface area contributed by atoms with Crippen molar-refractivity contribution in [1.82, 2.24) is 15.3 Å². The van der Waals surface area contributed by atoms with Gasteiger partial charge in [-0.3, -0.25) is 4.79 Å². The molecule has 20 heavy (non-hydrogen) atoms. The van der Waals surface area contributed by atoms with E-state index >= 15 is 0 Å². The van der Waals surface area contributed by atoms with Crippen LogP contribution in [0.2, 0.25) is 0 Å². The molecule has 0 aliphatic carbocycles. The monoisotopic (exact) mass is 272 g/mol. The molecule has 0 fully saturated rings. The standard InChI is InChI=1S/C15H20N4O/c16-14(9-13-10-17-11-19-13)15(20)18-8-4-7-12-5-2-1-3-6-12/h1-3,5-6,10-11,14H,4,7-9,16H2,(H,17,19)(H,18,20). The topological polar surface area (TPSA) is 83.8 Å². The van der Waals surface area contributed by atoms with Gasteiger partial charge in [0.15, 0.2) is 0 Å². The van der Waals surface area contributed by atoms with Crippen LogP contribution in [-0.4, -0.2) is 28.5 Å². The lowest BCUT2D eigenvalue weighted by Crippen LogP contribution is -2.42. The van der Waals surface area contributed by atoms with Gasteiger partial charge in [-0.2, -0.15) is 0 Å². The van der Waals surface area contributed by atoms with Crippen molar-refractivity contribution < 1.29 is 4.79 Å². The first kappa shape index (κ1) is 14.3. The average Bonchev–Trinajstić information content (AvgIpc) is 2.97. The third-order valence-electron chi connectivity index (χ3n) is 3.12. The number of hydrogen-bond donors (Lipinski definition) is 3. The fourth-order valence-corrected chi connectivity index (χ4v) is 2.01. The highest BCUT2D eigenvalue weighted by molar-refractivity contribution is 5.81. The van der Waals surface area contributed by atoms with Gasteiger partial charge in [-0.15, -0.1) is 0 Å². The Morgan fingerprint density at radius 2 is 2.15 bits per heavy atom. The zero-order valence-corrected chi connectivity index (χ0v) is 11.4. The smallest absolute Gasteiger partial charge is 0.237 e. The van der Waals surface area contributed by atoms with Crippen molar-refractivity contribution in [2.45, 2.75) is 25.3 Å². The van der Waals surface area contributed by atoms with E-state index < -0.39 is 6.04 Å². The molecule has 1 amide bonds. The van der Waals surface area contributed by atoms with Gasteiger partial charge in [0.25, 0.3) is 0 Å². The summed E-state index contributed by atoms with van der Waals surface area (Å²) in [6, 6.07) is 9.69. The van der Waals surface area contributed by atoms with Crippen LogP contribution in [0.15, 0.2) is 42.9 Å². The van der Waals surface area contributed by atoms with Gasteiger partial charge in [0.1, 0.15) is 0 Å². The van der Waals surface area contributed by atoms with Gasteiger partial charge in [0, 0.05) is 24.9 Å². The number of nitrogens with two attached hydrogens (primary N) is 1. The Morgan fingerprint density at radius 1 is 1.35 bits per heavy atom. The molecule has 4 N–H and O–H groups in total. The molecule has 0 saturated heterocycles. The van der Waals surface area contributed by atoms with Crippen LogP contribution in [0.5, 0.6) is 0 Å². The van der Waals surface area contributed by atoms with Gasteiger partial charge < -0.3 is 16.0 Å². The summed E-state index contributed by atoms with van der Waals surface area (Å²) >= 11 is 0. The van der Waals surface area contributed by atoms with Crippen molar-refractivity contribution in [3.63, 3.8) is 0 Å². The normalized spacial score (nSPS) is 12.1. The van der Waals surface area contributed by atoms with Gasteiger partial charge in [0.2, 0.25) is 5.91 Å². The summed E-state index contributed by atoms with van der Waals surface area (Å²) in [5.41, 5.74) is 8.00. The number of nitrogens with one attached hydrogen (secondary N) is 2. The van der Waals surface area contributed by atoms with Gasteiger partial charge in [-0.05, 0) is 18.4 Å². The second-order valence-corrected chi connectivity index (χ2v) is 4.77. The summed E-state index contributed by atoms with van der Waals surface area (Å²) in [5, 5.41) is 2.87. The molecule has 0 aliphatic rings. The van der Waals surface area contributed by atoms with E-state index in [1.54, 1.807) is 12.5 Å². The first-order valence-corrected chi connectivity index (χ1v) is 6.80. The van der Waals surface area contributed by atoms with Crippen LogP contribution in [-0.2, 0) is 17.6 Å². The van der Waals surface area contributed by atoms with Gasteiger partial charge in [0.05, 0.1) is 12.4 Å². The van der Waals surface area contributed by atoms with Crippen LogP contribution in [0.1, 0.15) is 17.7 Å². The van der Waals surface area contributed by atoms with Gasteiger partial charge >= 0.3 is 0 Å². The van der Waals surface area contributed by atoms with E-state index in [2.05, 4.69) is 27.4 Å². The maximum absolute atomic E-state index is 11.8. The van der Waals surface area contributed by atoms with Crippen molar-refractivity contribution in [2.24, 2.45) is 5.73 Å². The molecule has 0 bridgehead atoms. The van der Waals surface area contributed by atoms with Crippen molar-refractivity contribution in [3.8, 4) is 0 Å². The molecule has 106 valence electrons. The molecule has 2 rings (SSSR count). The third kappa shape index (κ3) is 4.51. The van der Waals surface area contributed by atoms with Crippen molar-refractivity contribution in [2.75, 3.05) is 6.54 Å². The summed E-state index contributed by atoms with van der Waals surface area (Å²) in [6.45, 7) is 0.643. The minimum absolute atomic E-state index is 0.118. The van der Waals surface area contributed by atoms with E-state index in [1.165, 1.54) is 5.56 Å². The van der Waals surface area contributed by atoms with E-state index in [9.17, 15) is 4.79 Å². The molecule has 1 aromatic heterocycles. The molecular formula is C15H20N4O. The number of carbonyl (C=O) groups excluding carboxylic acids is 1. The zero-order chi connectivity index (χ0) is 14.2. The van der Waals surface area contributed by atoms with Crippen LogP contribution in [0.25, 0.3) is 0 Å². The minimum atomic E-state index is -0.535. The number of carbonyl (C=O) groups is 1. The average molecular weight is 272 g/mol. The van der Waals surface area contributed by atoms with Crippen LogP contribution >= 0.6 is 0 Å². The summed E-state index contributed by atoms with van der Waals surface area (Å²) in [4.78, 5) is 18.7. The number of aromatic amines is 1. The minimum Gasteiger partial charge on any atom is -0.355 e. The number of benzene rings is 1. The maximum Gasteiger partial charge on any atom is 0.237 e. The molecule has 5 nitrogen and oxygen atoms in total. The Balaban J connectivity index is 1.65. The van der Waals surface area contributed by atoms with E-state index in [0.717, 1.165) is 18.5 Å². The number of hydrogen-bond acceptors (Lipinski definition) is 3. The molecule has 1 atom stereocenters. The van der Waals surface area contributed by atoms with E-state index in [1.807, 2.05) is 18.2 Å². The first-order valence-electron chi connectivity index (χ1n) is 6.80. The van der Waals surface area contributed by atoms with Gasteiger partial charge in [-0.1, -0.05) is 30.3 Å². The zero-order valence-electron chi connectivity index (χ0n) is 11.4. The number of aromatic nitrogens is 2. The predicted octanol–water partition coefficient (Wildman–Crippen LogP) is 1.03. The molecule has 0 saturated carbocycles. The molecule has 0 radical (unpaired) electrons. The van der Waals surface area contributed by atoms with Crippen LogP contribution in [0, 0.1) is 0 Å². The Bertz CT molecular complexity index is 510. The fourth-order valence-electron chi connectivity index (χ4n) is 2.01. The molecule has 1 unspecified atom stereocenters. The third-order valence-corrected chi connectivity index (χ3v) is 3.12. The molecule has 5 heteroatoms.